The molecule has 0 fully saturated rings. The minimum Gasteiger partial charge on any atom is -0.466 e. The number of rotatable bonds is 28. The molecule has 0 atom stereocenters. The third kappa shape index (κ3) is 31.1. The second-order valence-electron chi connectivity index (χ2n) is 12.0. The van der Waals surface area contributed by atoms with Crippen LogP contribution in [0, 0.1) is 11.8 Å². The lowest BCUT2D eigenvalue weighted by Crippen LogP contribution is -2.09. The molecule has 4 nitrogen and oxygen atoms in total. The highest BCUT2D eigenvalue weighted by Crippen LogP contribution is 2.14. The van der Waals surface area contributed by atoms with E-state index in [9.17, 15) is 9.59 Å². The molecule has 0 spiro atoms. The van der Waals surface area contributed by atoms with E-state index in [2.05, 4.69) is 27.7 Å². The SMILES string of the molecule is CC(C)CCCCCCCCCCCOC(=O)CCCC(=O)OCCCCCCCCCCCC(C)C. The van der Waals surface area contributed by atoms with Crippen LogP contribution in [0.3, 0.4) is 0 Å². The van der Waals surface area contributed by atoms with Crippen molar-refractivity contribution >= 4 is 11.9 Å². The first kappa shape index (κ1) is 35.9. The fraction of sp³-hybridized carbons (Fsp3) is 0.939. The monoisotopic (exact) mass is 524 g/mol. The van der Waals surface area contributed by atoms with Crippen molar-refractivity contribution in [3.8, 4) is 0 Å². The molecule has 0 saturated heterocycles. The summed E-state index contributed by atoms with van der Waals surface area (Å²) in [7, 11) is 0. The highest BCUT2D eigenvalue weighted by atomic mass is 16.5. The first-order valence-corrected chi connectivity index (χ1v) is 16.2. The van der Waals surface area contributed by atoms with Gasteiger partial charge in [0.15, 0.2) is 0 Å². The molecule has 220 valence electrons. The van der Waals surface area contributed by atoms with Crippen LogP contribution >= 0.6 is 0 Å². The Morgan fingerprint density at radius 3 is 0.973 bits per heavy atom. The van der Waals surface area contributed by atoms with Crippen LogP contribution in [-0.2, 0) is 19.1 Å². The van der Waals surface area contributed by atoms with E-state index >= 15 is 0 Å². The summed E-state index contributed by atoms with van der Waals surface area (Å²) in [4.78, 5) is 23.7. The van der Waals surface area contributed by atoms with Crippen molar-refractivity contribution in [2.24, 2.45) is 11.8 Å². The van der Waals surface area contributed by atoms with Gasteiger partial charge in [-0.2, -0.15) is 0 Å². The molecule has 0 amide bonds. The van der Waals surface area contributed by atoms with Gasteiger partial charge in [0.25, 0.3) is 0 Å². The van der Waals surface area contributed by atoms with Gasteiger partial charge in [-0.1, -0.05) is 143 Å². The van der Waals surface area contributed by atoms with Crippen LogP contribution in [-0.4, -0.2) is 25.2 Å². The Labute approximate surface area is 231 Å². The predicted molar refractivity (Wildman–Crippen MR) is 158 cm³/mol. The van der Waals surface area contributed by atoms with Gasteiger partial charge in [0.2, 0.25) is 0 Å². The second kappa shape index (κ2) is 28.0. The number of hydrogen-bond acceptors (Lipinski definition) is 4. The Morgan fingerprint density at radius 2 is 0.676 bits per heavy atom. The van der Waals surface area contributed by atoms with Crippen molar-refractivity contribution in [3.05, 3.63) is 0 Å². The maximum absolute atomic E-state index is 11.8. The lowest BCUT2D eigenvalue weighted by molar-refractivity contribution is -0.145. The highest BCUT2D eigenvalue weighted by molar-refractivity contribution is 5.72. The van der Waals surface area contributed by atoms with Gasteiger partial charge in [-0.15, -0.1) is 0 Å². The van der Waals surface area contributed by atoms with Crippen LogP contribution in [0.5, 0.6) is 0 Å². The van der Waals surface area contributed by atoms with E-state index in [0.717, 1.165) is 37.5 Å². The van der Waals surface area contributed by atoms with E-state index in [4.69, 9.17) is 9.47 Å². The second-order valence-corrected chi connectivity index (χ2v) is 12.0. The molecule has 37 heavy (non-hydrogen) atoms. The van der Waals surface area contributed by atoms with Gasteiger partial charge in [-0.05, 0) is 31.1 Å². The molecule has 0 radical (unpaired) electrons. The topological polar surface area (TPSA) is 52.6 Å². The summed E-state index contributed by atoms with van der Waals surface area (Å²) < 4.78 is 10.6. The number of esters is 2. The zero-order valence-corrected chi connectivity index (χ0v) is 25.5. The molecular formula is C33H64O4. The van der Waals surface area contributed by atoms with Crippen LogP contribution in [0.15, 0.2) is 0 Å². The molecule has 0 saturated carbocycles. The van der Waals surface area contributed by atoms with Gasteiger partial charge in [0.1, 0.15) is 0 Å². The fourth-order valence-electron chi connectivity index (χ4n) is 4.68. The molecule has 0 aliphatic carbocycles. The molecule has 0 unspecified atom stereocenters. The Morgan fingerprint density at radius 1 is 0.405 bits per heavy atom. The summed E-state index contributed by atoms with van der Waals surface area (Å²) in [5.41, 5.74) is 0. The molecule has 0 rings (SSSR count). The van der Waals surface area contributed by atoms with Crippen LogP contribution in [0.2, 0.25) is 0 Å². The summed E-state index contributed by atoms with van der Waals surface area (Å²) in [5, 5.41) is 0. The largest absolute Gasteiger partial charge is 0.466 e. The van der Waals surface area contributed by atoms with E-state index in [1.807, 2.05) is 0 Å². The van der Waals surface area contributed by atoms with E-state index in [0.29, 0.717) is 32.5 Å². The van der Waals surface area contributed by atoms with Crippen LogP contribution in [0.4, 0.5) is 0 Å². The Bertz CT molecular complexity index is 457. The van der Waals surface area contributed by atoms with Crippen LogP contribution in [0.1, 0.15) is 175 Å². The molecular weight excluding hydrogens is 460 g/mol. The van der Waals surface area contributed by atoms with Crippen molar-refractivity contribution in [2.75, 3.05) is 13.2 Å². The Kier molecular flexibility index (Phi) is 27.2. The summed E-state index contributed by atoms with van der Waals surface area (Å²) in [5.74, 6) is 1.30. The third-order valence-electron chi connectivity index (χ3n) is 7.14. The first-order valence-electron chi connectivity index (χ1n) is 16.2. The highest BCUT2D eigenvalue weighted by Gasteiger charge is 2.07. The Hall–Kier alpha value is -1.06. The number of unbranched alkanes of at least 4 members (excludes halogenated alkanes) is 16. The van der Waals surface area contributed by atoms with Crippen molar-refractivity contribution in [1.82, 2.24) is 0 Å². The molecule has 4 heteroatoms. The van der Waals surface area contributed by atoms with E-state index in [-0.39, 0.29) is 11.9 Å². The van der Waals surface area contributed by atoms with Gasteiger partial charge < -0.3 is 9.47 Å². The smallest absolute Gasteiger partial charge is 0.305 e. The lowest BCUT2D eigenvalue weighted by atomic mass is 10.0. The minimum absolute atomic E-state index is 0.186. The summed E-state index contributed by atoms with van der Waals surface area (Å²) in [6, 6.07) is 0. The average Bonchev–Trinajstić information content (AvgIpc) is 2.85. The zero-order chi connectivity index (χ0) is 27.4. The van der Waals surface area contributed by atoms with Gasteiger partial charge in [-0.3, -0.25) is 9.59 Å². The first-order chi connectivity index (χ1) is 17.9. The number of ether oxygens (including phenoxy) is 2. The molecule has 0 aromatic heterocycles. The molecule has 0 aromatic rings. The number of carbonyl (C=O) groups excluding carboxylic acids is 2. The molecule has 0 aliphatic heterocycles. The van der Waals surface area contributed by atoms with E-state index in [1.165, 1.54) is 103 Å². The molecule has 0 bridgehead atoms. The van der Waals surface area contributed by atoms with Gasteiger partial charge in [0, 0.05) is 12.8 Å². The van der Waals surface area contributed by atoms with Crippen molar-refractivity contribution in [3.63, 3.8) is 0 Å². The maximum atomic E-state index is 11.8. The number of hydrogen-bond donors (Lipinski definition) is 0. The minimum atomic E-state index is -0.186. The summed E-state index contributed by atoms with van der Waals surface area (Å²) in [6.45, 7) is 10.2. The van der Waals surface area contributed by atoms with Gasteiger partial charge >= 0.3 is 11.9 Å². The van der Waals surface area contributed by atoms with Crippen LogP contribution in [0.25, 0.3) is 0 Å². The summed E-state index contributed by atoms with van der Waals surface area (Å²) >= 11 is 0. The third-order valence-corrected chi connectivity index (χ3v) is 7.14. The van der Waals surface area contributed by atoms with E-state index < -0.39 is 0 Å². The lowest BCUT2D eigenvalue weighted by Gasteiger charge is -2.07. The van der Waals surface area contributed by atoms with Crippen molar-refractivity contribution in [1.29, 1.82) is 0 Å². The summed E-state index contributed by atoms with van der Waals surface area (Å²) in [6.07, 6.45) is 26.7. The zero-order valence-electron chi connectivity index (χ0n) is 25.5. The van der Waals surface area contributed by atoms with E-state index in [1.54, 1.807) is 0 Å². The maximum Gasteiger partial charge on any atom is 0.305 e. The fourth-order valence-corrected chi connectivity index (χ4v) is 4.68. The average molecular weight is 525 g/mol. The van der Waals surface area contributed by atoms with Crippen molar-refractivity contribution in [2.45, 2.75) is 175 Å². The van der Waals surface area contributed by atoms with Crippen LogP contribution < -0.4 is 0 Å². The normalized spacial score (nSPS) is 11.4. The molecule has 0 heterocycles. The number of carbonyl (C=O) groups is 2. The Balaban J connectivity index is 3.30. The predicted octanol–water partition coefficient (Wildman–Crippen LogP) is 10.4. The van der Waals surface area contributed by atoms with Gasteiger partial charge in [0.05, 0.1) is 13.2 Å². The standard InChI is InChI=1S/C33H64O4/c1-30(2)24-19-15-11-7-5-9-13-17-21-28-36-32(34)26-23-27-33(35)37-29-22-18-14-10-6-8-12-16-20-25-31(3)4/h30-31H,5-29H2,1-4H3. The van der Waals surface area contributed by atoms with Gasteiger partial charge in [-0.25, -0.2) is 0 Å². The molecule has 0 aromatic carbocycles. The quantitative estimate of drug-likeness (QED) is 0.0754. The molecule has 0 N–H and O–H groups in total. The van der Waals surface area contributed by atoms with Crippen molar-refractivity contribution < 1.29 is 19.1 Å². The molecule has 0 aliphatic rings.